The van der Waals surface area contributed by atoms with Gasteiger partial charge >= 0.3 is 0 Å². The molecule has 1 heteroatoms. The van der Waals surface area contributed by atoms with E-state index in [0.717, 1.165) is 0 Å². The van der Waals surface area contributed by atoms with Gasteiger partial charge < -0.3 is 0 Å². The zero-order valence-electron chi connectivity index (χ0n) is 4.22. The maximum Gasteiger partial charge on any atom is 0 e. The van der Waals surface area contributed by atoms with Gasteiger partial charge in [0.2, 0.25) is 0 Å². The first-order chi connectivity index (χ1) is 3.00. The van der Waals surface area contributed by atoms with Crippen molar-refractivity contribution in [2.45, 2.75) is 12.8 Å². The van der Waals surface area contributed by atoms with Gasteiger partial charge in [-0.05, 0) is 0 Å². The number of hydrogen-bond donors (Lipinski definition) is 0. The smallest absolute Gasteiger partial charge is 0 e. The van der Waals surface area contributed by atoms with Crippen molar-refractivity contribution in [3.05, 3.63) is 24.3 Å². The number of rotatable bonds is 0. The van der Waals surface area contributed by atoms with Crippen molar-refractivity contribution in [1.82, 2.24) is 0 Å². The topological polar surface area (TPSA) is 0 Å². The average molecular weight is 168 g/mol. The minimum absolute atomic E-state index is 0. The van der Waals surface area contributed by atoms with Gasteiger partial charge in [0.1, 0.15) is 0 Å². The molecule has 0 aliphatic heterocycles. The Balaban J connectivity index is 0.000000360. The molecule has 0 aromatic heterocycles. The molecule has 0 aromatic carbocycles. The van der Waals surface area contributed by atoms with Crippen molar-refractivity contribution in [3.8, 4) is 0 Å². The van der Waals surface area contributed by atoms with Crippen LogP contribution in [-0.4, -0.2) is 0 Å². The van der Waals surface area contributed by atoms with Gasteiger partial charge in [0, 0.05) is 32.7 Å². The van der Waals surface area contributed by atoms with Crippen LogP contribution in [0.25, 0.3) is 0 Å². The van der Waals surface area contributed by atoms with Crippen LogP contribution in [-0.2, 0) is 32.7 Å². The summed E-state index contributed by atoms with van der Waals surface area (Å²) in [4.78, 5) is 0. The van der Waals surface area contributed by atoms with E-state index in [1.807, 2.05) is 6.08 Å². The Hall–Kier alpha value is 0.584. The van der Waals surface area contributed by atoms with Crippen molar-refractivity contribution in [2.24, 2.45) is 0 Å². The van der Waals surface area contributed by atoms with Crippen molar-refractivity contribution in [2.75, 3.05) is 0 Å². The van der Waals surface area contributed by atoms with Crippen LogP contribution in [0.5, 0.6) is 0 Å². The largest absolute Gasteiger partial charge is 0.255 e. The van der Waals surface area contributed by atoms with Gasteiger partial charge in [0.05, 0.1) is 0 Å². The average Bonchev–Trinajstić information content (AvgIpc) is 1.72. The fraction of sp³-hybridized carbons (Fsp3) is 0.333. The summed E-state index contributed by atoms with van der Waals surface area (Å²) in [5, 5.41) is 0. The van der Waals surface area contributed by atoms with Gasteiger partial charge in [-0.3, -0.25) is 6.08 Å². The summed E-state index contributed by atoms with van der Waals surface area (Å²) in [5.41, 5.74) is 0. The molecule has 0 fully saturated rings. The van der Waals surface area contributed by atoms with Crippen molar-refractivity contribution in [3.63, 3.8) is 0 Å². The van der Waals surface area contributed by atoms with Gasteiger partial charge in [0.15, 0.2) is 0 Å². The van der Waals surface area contributed by atoms with E-state index in [9.17, 15) is 0 Å². The molecule has 35 valence electrons. The van der Waals surface area contributed by atoms with Gasteiger partial charge in [-0.2, -0.15) is 6.08 Å². The second-order valence-electron chi connectivity index (χ2n) is 1.35. The molecule has 0 spiro atoms. The van der Waals surface area contributed by atoms with E-state index in [0.29, 0.717) is 0 Å². The molecule has 0 heterocycles. The van der Waals surface area contributed by atoms with Crippen LogP contribution in [0, 0.1) is 6.08 Å². The zero-order chi connectivity index (χ0) is 4.24. The monoisotopic (exact) mass is 168 g/mol. The summed E-state index contributed by atoms with van der Waals surface area (Å²) in [6.07, 6.45) is 11.5. The Kier molecular flexibility index (Phi) is 5.13. The third-order valence-electron chi connectivity index (χ3n) is 0.810. The van der Waals surface area contributed by atoms with Crippen molar-refractivity contribution >= 4 is 0 Å². The minimum atomic E-state index is 0. The van der Waals surface area contributed by atoms with E-state index in [2.05, 4.69) is 18.2 Å². The predicted octanol–water partition coefficient (Wildman–Crippen LogP) is 1.69. The molecule has 1 radical (unpaired) electrons. The maximum absolute atomic E-state index is 2.98. The minimum Gasteiger partial charge on any atom is -0.255 e. The summed E-state index contributed by atoms with van der Waals surface area (Å²) < 4.78 is 0. The van der Waals surface area contributed by atoms with Crippen molar-refractivity contribution in [1.29, 1.82) is 0 Å². The van der Waals surface area contributed by atoms with Gasteiger partial charge in [-0.25, -0.2) is 12.2 Å². The first kappa shape index (κ1) is 7.58. The molecule has 0 bridgehead atoms. The molecule has 0 saturated heterocycles. The molecule has 0 nitrogen and oxygen atoms in total. The Labute approximate surface area is 69.6 Å². The fourth-order valence-electron chi connectivity index (χ4n) is 0.482. The molecule has 0 N–H and O–H groups in total. The molecule has 0 saturated carbocycles. The molecule has 1 aliphatic rings. The van der Waals surface area contributed by atoms with Crippen LogP contribution in [0.4, 0.5) is 0 Å². The van der Waals surface area contributed by atoms with E-state index in [1.54, 1.807) is 0 Å². The molecule has 0 unspecified atom stereocenters. The van der Waals surface area contributed by atoms with E-state index in [-0.39, 0.29) is 32.7 Å². The maximum atomic E-state index is 2.98. The quantitative estimate of drug-likeness (QED) is 0.483. The Bertz CT molecular complexity index is 70.2. The Morgan fingerprint density at radius 1 is 1.29 bits per heavy atom. The Morgan fingerprint density at radius 2 is 2.14 bits per heavy atom. The first-order valence-corrected chi connectivity index (χ1v) is 2.23. The normalized spacial score (nSPS) is 16.0. The Morgan fingerprint density at radius 3 is 2.29 bits per heavy atom. The van der Waals surface area contributed by atoms with Crippen LogP contribution in [0.1, 0.15) is 12.8 Å². The molecule has 7 heavy (non-hydrogen) atoms. The van der Waals surface area contributed by atoms with Crippen LogP contribution in [0.2, 0.25) is 0 Å². The summed E-state index contributed by atoms with van der Waals surface area (Å²) >= 11 is 0. The van der Waals surface area contributed by atoms with Crippen LogP contribution in [0.15, 0.2) is 18.2 Å². The van der Waals surface area contributed by atoms with Crippen molar-refractivity contribution < 1.29 is 32.7 Å². The molecule has 1 aliphatic carbocycles. The fourth-order valence-corrected chi connectivity index (χ4v) is 0.482. The molecular weight excluding hydrogens is 161 g/mol. The summed E-state index contributed by atoms with van der Waals surface area (Å²) in [7, 11) is 0. The second kappa shape index (κ2) is 4.74. The summed E-state index contributed by atoms with van der Waals surface area (Å²) in [5.74, 6) is 0. The van der Waals surface area contributed by atoms with E-state index in [4.69, 9.17) is 0 Å². The SMILES string of the molecule is [C-]1=CCCC=C1.[Y]. The third kappa shape index (κ3) is 3.19. The van der Waals surface area contributed by atoms with E-state index < -0.39 is 0 Å². The second-order valence-corrected chi connectivity index (χ2v) is 1.35. The molecule has 0 aromatic rings. The van der Waals surface area contributed by atoms with Gasteiger partial charge in [-0.1, -0.05) is 12.8 Å². The summed E-state index contributed by atoms with van der Waals surface area (Å²) in [6, 6.07) is 0. The molecule has 1 rings (SSSR count). The standard InChI is InChI=1S/C6H7.Y/c1-2-4-6-5-3-1;/h1-2,6H,3,5H2;/q-1;. The molecular formula is C6H7Y-. The summed E-state index contributed by atoms with van der Waals surface area (Å²) in [6.45, 7) is 0. The zero-order valence-corrected chi connectivity index (χ0v) is 7.06. The van der Waals surface area contributed by atoms with Crippen LogP contribution < -0.4 is 0 Å². The number of hydrogen-bond acceptors (Lipinski definition) is 0. The molecule has 0 atom stereocenters. The van der Waals surface area contributed by atoms with E-state index in [1.165, 1.54) is 12.8 Å². The third-order valence-corrected chi connectivity index (χ3v) is 0.810. The predicted molar refractivity (Wildman–Crippen MR) is 26.2 cm³/mol. The van der Waals surface area contributed by atoms with Crippen LogP contribution >= 0.6 is 0 Å². The van der Waals surface area contributed by atoms with Gasteiger partial charge in [0.25, 0.3) is 0 Å². The number of allylic oxidation sites excluding steroid dienone is 4. The first-order valence-electron chi connectivity index (χ1n) is 2.23. The van der Waals surface area contributed by atoms with E-state index >= 15 is 0 Å². The molecule has 0 amide bonds. The van der Waals surface area contributed by atoms with Gasteiger partial charge in [-0.15, -0.1) is 0 Å². The van der Waals surface area contributed by atoms with Crippen LogP contribution in [0.3, 0.4) is 0 Å².